The maximum absolute atomic E-state index is 12.1. The highest BCUT2D eigenvalue weighted by Crippen LogP contribution is 2.29. The molecule has 0 bridgehead atoms. The quantitative estimate of drug-likeness (QED) is 0.801. The normalized spacial score (nSPS) is 17.0. The van der Waals surface area contributed by atoms with Gasteiger partial charge >= 0.3 is 0 Å². The van der Waals surface area contributed by atoms with Crippen LogP contribution in [0.5, 0.6) is 0 Å². The molecule has 3 N–H and O–H groups in total. The van der Waals surface area contributed by atoms with Crippen molar-refractivity contribution in [2.75, 3.05) is 13.1 Å². The van der Waals surface area contributed by atoms with Gasteiger partial charge in [-0.05, 0) is 61.2 Å². The third-order valence-electron chi connectivity index (χ3n) is 5.00. The number of hydrogen-bond acceptors (Lipinski definition) is 3. The molecule has 0 saturated carbocycles. The van der Waals surface area contributed by atoms with Crippen molar-refractivity contribution in [3.8, 4) is 11.1 Å². The summed E-state index contributed by atoms with van der Waals surface area (Å²) >= 11 is 6.54. The van der Waals surface area contributed by atoms with Gasteiger partial charge in [-0.15, -0.1) is 0 Å². The van der Waals surface area contributed by atoms with E-state index in [-0.39, 0.29) is 12.5 Å². The standard InChI is InChI=1S/C21H24ClN3O2/c1-14-4-3-9-25(14)13-18-8-7-16(11-19(18)22)15-5-2-6-17(10-15)21(27)24-12-20(23)26/h2,5-8,10-11,14H,3-4,9,12-13H2,1H3,(H2,23,26)(H,24,27)/t14-/m1/s1. The molecule has 2 amide bonds. The summed E-state index contributed by atoms with van der Waals surface area (Å²) in [5.41, 5.74) is 8.49. The molecule has 2 aromatic rings. The van der Waals surface area contributed by atoms with E-state index in [1.165, 1.54) is 12.8 Å². The van der Waals surface area contributed by atoms with Crippen LogP contribution in [0.1, 0.15) is 35.7 Å². The molecule has 27 heavy (non-hydrogen) atoms. The lowest BCUT2D eigenvalue weighted by molar-refractivity contribution is -0.117. The molecule has 0 aliphatic carbocycles. The molecule has 6 heteroatoms. The number of halogens is 1. The smallest absolute Gasteiger partial charge is 0.251 e. The Kier molecular flexibility index (Phi) is 6.14. The Bertz CT molecular complexity index is 853. The SMILES string of the molecule is C[C@@H]1CCCN1Cc1ccc(-c2cccc(C(=O)NCC(N)=O)c2)cc1Cl. The van der Waals surface area contributed by atoms with Crippen LogP contribution in [0, 0.1) is 0 Å². The number of amides is 2. The molecule has 1 saturated heterocycles. The topological polar surface area (TPSA) is 75.4 Å². The van der Waals surface area contributed by atoms with E-state index >= 15 is 0 Å². The molecule has 1 heterocycles. The van der Waals surface area contributed by atoms with Crippen molar-refractivity contribution in [2.24, 2.45) is 5.73 Å². The van der Waals surface area contributed by atoms with Crippen molar-refractivity contribution in [1.82, 2.24) is 10.2 Å². The molecule has 0 radical (unpaired) electrons. The summed E-state index contributed by atoms with van der Waals surface area (Å²) in [7, 11) is 0. The maximum atomic E-state index is 12.1. The van der Waals surface area contributed by atoms with E-state index in [9.17, 15) is 9.59 Å². The third-order valence-corrected chi connectivity index (χ3v) is 5.35. The number of rotatable bonds is 6. The first-order valence-corrected chi connectivity index (χ1v) is 9.51. The van der Waals surface area contributed by atoms with Crippen LogP contribution in [0.3, 0.4) is 0 Å². The fourth-order valence-electron chi connectivity index (χ4n) is 3.41. The zero-order valence-electron chi connectivity index (χ0n) is 15.4. The van der Waals surface area contributed by atoms with Gasteiger partial charge in [0, 0.05) is 23.2 Å². The van der Waals surface area contributed by atoms with Crippen LogP contribution in [0.2, 0.25) is 5.02 Å². The van der Waals surface area contributed by atoms with Crippen molar-refractivity contribution in [3.05, 3.63) is 58.6 Å². The molecule has 1 aliphatic rings. The summed E-state index contributed by atoms with van der Waals surface area (Å²) < 4.78 is 0. The Morgan fingerprint density at radius 3 is 2.67 bits per heavy atom. The van der Waals surface area contributed by atoms with Crippen LogP contribution in [-0.4, -0.2) is 35.8 Å². The van der Waals surface area contributed by atoms with Crippen LogP contribution in [-0.2, 0) is 11.3 Å². The largest absolute Gasteiger partial charge is 0.368 e. The van der Waals surface area contributed by atoms with Gasteiger partial charge in [-0.2, -0.15) is 0 Å². The fraction of sp³-hybridized carbons (Fsp3) is 0.333. The van der Waals surface area contributed by atoms with Crippen molar-refractivity contribution in [1.29, 1.82) is 0 Å². The number of nitrogens with zero attached hydrogens (tertiary/aromatic N) is 1. The van der Waals surface area contributed by atoms with Gasteiger partial charge in [-0.25, -0.2) is 0 Å². The second-order valence-electron chi connectivity index (χ2n) is 7.00. The number of carbonyl (C=O) groups excluding carboxylic acids is 2. The summed E-state index contributed by atoms with van der Waals surface area (Å²) in [6.07, 6.45) is 2.47. The fourth-order valence-corrected chi connectivity index (χ4v) is 3.65. The average Bonchev–Trinajstić information content (AvgIpc) is 3.06. The molecular formula is C21H24ClN3O2. The van der Waals surface area contributed by atoms with Gasteiger partial charge in [0.05, 0.1) is 6.54 Å². The number of hydrogen-bond donors (Lipinski definition) is 2. The number of benzene rings is 2. The number of nitrogens with two attached hydrogens (primary N) is 1. The Balaban J connectivity index is 1.76. The summed E-state index contributed by atoms with van der Waals surface area (Å²) in [5, 5.41) is 3.23. The van der Waals surface area contributed by atoms with Gasteiger partial charge in [-0.3, -0.25) is 14.5 Å². The molecule has 1 fully saturated rings. The summed E-state index contributed by atoms with van der Waals surface area (Å²) in [4.78, 5) is 25.4. The highest BCUT2D eigenvalue weighted by atomic mass is 35.5. The van der Waals surface area contributed by atoms with Crippen LogP contribution < -0.4 is 11.1 Å². The molecule has 0 unspecified atom stereocenters. The summed E-state index contributed by atoms with van der Waals surface area (Å²) in [6.45, 7) is 4.04. The first-order chi connectivity index (χ1) is 12.9. The van der Waals surface area contributed by atoms with E-state index in [1.807, 2.05) is 24.3 Å². The molecule has 3 rings (SSSR count). The first kappa shape index (κ1) is 19.4. The monoisotopic (exact) mass is 385 g/mol. The Labute approximate surface area is 164 Å². The molecule has 5 nitrogen and oxygen atoms in total. The van der Waals surface area contributed by atoms with E-state index in [2.05, 4.69) is 23.2 Å². The second-order valence-corrected chi connectivity index (χ2v) is 7.40. The minimum Gasteiger partial charge on any atom is -0.368 e. The van der Waals surface area contributed by atoms with E-state index in [4.69, 9.17) is 17.3 Å². The van der Waals surface area contributed by atoms with E-state index in [1.54, 1.807) is 12.1 Å². The van der Waals surface area contributed by atoms with Crippen molar-refractivity contribution < 1.29 is 9.59 Å². The Morgan fingerprint density at radius 2 is 2.00 bits per heavy atom. The third kappa shape index (κ3) is 4.87. The average molecular weight is 386 g/mol. The zero-order chi connectivity index (χ0) is 19.4. The van der Waals surface area contributed by atoms with Gasteiger partial charge in [0.2, 0.25) is 5.91 Å². The molecule has 142 valence electrons. The summed E-state index contributed by atoms with van der Waals surface area (Å²) in [6, 6.07) is 13.8. The Morgan fingerprint density at radius 1 is 1.22 bits per heavy atom. The first-order valence-electron chi connectivity index (χ1n) is 9.13. The number of primary amides is 1. The van der Waals surface area contributed by atoms with E-state index < -0.39 is 5.91 Å². The molecule has 1 aliphatic heterocycles. The van der Waals surface area contributed by atoms with Crippen molar-refractivity contribution in [3.63, 3.8) is 0 Å². The second kappa shape index (κ2) is 8.55. The highest BCUT2D eigenvalue weighted by Gasteiger charge is 2.21. The minimum atomic E-state index is -0.575. The van der Waals surface area contributed by atoms with E-state index in [0.717, 1.165) is 34.8 Å². The molecule has 2 aromatic carbocycles. The lowest BCUT2D eigenvalue weighted by Gasteiger charge is -2.21. The molecule has 1 atom stereocenters. The molecule has 0 aromatic heterocycles. The molecular weight excluding hydrogens is 362 g/mol. The van der Waals surface area contributed by atoms with Crippen molar-refractivity contribution >= 4 is 23.4 Å². The molecule has 0 spiro atoms. The number of carbonyl (C=O) groups is 2. The lowest BCUT2D eigenvalue weighted by atomic mass is 10.0. The predicted molar refractivity (Wildman–Crippen MR) is 108 cm³/mol. The number of likely N-dealkylation sites (tertiary alicyclic amines) is 1. The van der Waals surface area contributed by atoms with Crippen LogP contribution in [0.25, 0.3) is 11.1 Å². The summed E-state index contributed by atoms with van der Waals surface area (Å²) in [5.74, 6) is -0.907. The predicted octanol–water partition coefficient (Wildman–Crippen LogP) is 3.21. The Hall–Kier alpha value is -2.37. The van der Waals surface area contributed by atoms with Crippen LogP contribution >= 0.6 is 11.6 Å². The van der Waals surface area contributed by atoms with Gasteiger partial charge in [0.15, 0.2) is 0 Å². The van der Waals surface area contributed by atoms with Gasteiger partial charge in [0.25, 0.3) is 5.91 Å². The van der Waals surface area contributed by atoms with Crippen molar-refractivity contribution in [2.45, 2.75) is 32.4 Å². The van der Waals surface area contributed by atoms with Gasteiger partial charge in [-0.1, -0.05) is 35.9 Å². The van der Waals surface area contributed by atoms with Crippen LogP contribution in [0.15, 0.2) is 42.5 Å². The van der Waals surface area contributed by atoms with E-state index in [0.29, 0.717) is 11.6 Å². The maximum Gasteiger partial charge on any atom is 0.251 e. The van der Waals surface area contributed by atoms with Crippen LogP contribution in [0.4, 0.5) is 0 Å². The zero-order valence-corrected chi connectivity index (χ0v) is 16.1. The minimum absolute atomic E-state index is 0.182. The highest BCUT2D eigenvalue weighted by molar-refractivity contribution is 6.31. The van der Waals surface area contributed by atoms with Gasteiger partial charge < -0.3 is 11.1 Å². The lowest BCUT2D eigenvalue weighted by Crippen LogP contribution is -2.33. The number of nitrogens with one attached hydrogen (secondary N) is 1. The van der Waals surface area contributed by atoms with Gasteiger partial charge in [0.1, 0.15) is 0 Å².